The van der Waals surface area contributed by atoms with Crippen LogP contribution in [0.5, 0.6) is 0 Å². The van der Waals surface area contributed by atoms with E-state index in [1.807, 2.05) is 48.7 Å². The van der Waals surface area contributed by atoms with E-state index in [0.29, 0.717) is 13.0 Å². The molecule has 4 aromatic rings. The summed E-state index contributed by atoms with van der Waals surface area (Å²) in [6.07, 6.45) is 2.67. The molecule has 28 heavy (non-hydrogen) atoms. The van der Waals surface area contributed by atoms with E-state index in [9.17, 15) is 8.42 Å². The van der Waals surface area contributed by atoms with E-state index < -0.39 is 10.0 Å². The van der Waals surface area contributed by atoms with Crippen molar-refractivity contribution in [3.05, 3.63) is 78.5 Å². The van der Waals surface area contributed by atoms with Crippen LogP contribution in [0.2, 0.25) is 0 Å². The fraction of sp³-hybridized carbons (Fsp3) is 0.0952. The summed E-state index contributed by atoms with van der Waals surface area (Å²) >= 11 is 0. The number of rotatable bonds is 5. The third-order valence-electron chi connectivity index (χ3n) is 4.66. The van der Waals surface area contributed by atoms with Gasteiger partial charge in [-0.3, -0.25) is 10.7 Å². The summed E-state index contributed by atoms with van der Waals surface area (Å²) in [4.78, 5) is 6.34. The largest absolute Gasteiger partial charge is 0.361 e. The monoisotopic (exact) mass is 393 g/mol. The van der Waals surface area contributed by atoms with Crippen LogP contribution >= 0.6 is 0 Å². The number of hydrogen-bond acceptors (Lipinski definition) is 2. The lowest BCUT2D eigenvalue weighted by atomic mass is 10.1. The average Bonchev–Trinajstić information content (AvgIpc) is 3.10. The van der Waals surface area contributed by atoms with E-state index in [-0.39, 0.29) is 10.9 Å². The van der Waals surface area contributed by atoms with Crippen LogP contribution in [-0.2, 0) is 16.4 Å². The molecule has 0 unspecified atom stereocenters. The van der Waals surface area contributed by atoms with Crippen LogP contribution in [-0.4, -0.2) is 25.9 Å². The lowest BCUT2D eigenvalue weighted by molar-refractivity contribution is -0.458. The van der Waals surface area contributed by atoms with Gasteiger partial charge in [0.15, 0.2) is 0 Å². The Kier molecular flexibility index (Phi) is 4.75. The maximum absolute atomic E-state index is 12.6. The quantitative estimate of drug-likeness (QED) is 0.303. The number of hydrogen-bond donors (Lipinski definition) is 4. The van der Waals surface area contributed by atoms with Crippen LogP contribution in [0.4, 0.5) is 0 Å². The van der Waals surface area contributed by atoms with Gasteiger partial charge in [0.1, 0.15) is 4.90 Å². The number of aromatic nitrogens is 1. The fourth-order valence-corrected chi connectivity index (χ4v) is 4.25. The summed E-state index contributed by atoms with van der Waals surface area (Å²) < 4.78 is 27.6. The molecule has 0 spiro atoms. The maximum Gasteiger partial charge on any atom is 0.356 e. The summed E-state index contributed by atoms with van der Waals surface area (Å²) in [5, 5.41) is 2.99. The van der Waals surface area contributed by atoms with Crippen molar-refractivity contribution in [2.75, 3.05) is 6.54 Å². The van der Waals surface area contributed by atoms with Crippen LogP contribution < -0.4 is 15.4 Å². The second-order valence-electron chi connectivity index (χ2n) is 6.56. The molecule has 142 valence electrons. The van der Waals surface area contributed by atoms with Gasteiger partial charge in [-0.05, 0) is 34.5 Å². The van der Waals surface area contributed by atoms with Crippen molar-refractivity contribution >= 4 is 37.7 Å². The maximum atomic E-state index is 12.6. The van der Waals surface area contributed by atoms with Gasteiger partial charge in [-0.25, -0.2) is 0 Å². The lowest BCUT2D eigenvalue weighted by Gasteiger charge is -2.04. The van der Waals surface area contributed by atoms with Gasteiger partial charge in [0.2, 0.25) is 0 Å². The number of sulfonamides is 1. The van der Waals surface area contributed by atoms with Gasteiger partial charge in [-0.1, -0.05) is 48.5 Å². The highest BCUT2D eigenvalue weighted by Gasteiger charge is 2.19. The Labute approximate surface area is 163 Å². The van der Waals surface area contributed by atoms with E-state index >= 15 is 0 Å². The predicted octanol–water partition coefficient (Wildman–Crippen LogP) is 1.24. The van der Waals surface area contributed by atoms with E-state index in [1.165, 1.54) is 0 Å². The second-order valence-corrected chi connectivity index (χ2v) is 8.25. The zero-order chi connectivity index (χ0) is 19.6. The van der Waals surface area contributed by atoms with Gasteiger partial charge >= 0.3 is 16.0 Å². The minimum absolute atomic E-state index is 0.00741. The third kappa shape index (κ3) is 3.70. The number of H-pyrrole nitrogens is 1. The highest BCUT2D eigenvalue weighted by molar-refractivity contribution is 7.90. The molecule has 0 bridgehead atoms. The van der Waals surface area contributed by atoms with E-state index in [0.717, 1.165) is 27.2 Å². The average molecular weight is 393 g/mol. The van der Waals surface area contributed by atoms with Crippen molar-refractivity contribution in [2.45, 2.75) is 11.3 Å². The molecule has 0 atom stereocenters. The van der Waals surface area contributed by atoms with E-state index in [2.05, 4.69) is 20.8 Å². The van der Waals surface area contributed by atoms with E-state index in [4.69, 9.17) is 5.73 Å². The molecule has 0 aliphatic heterocycles. The number of aromatic amines is 1. The zero-order valence-electron chi connectivity index (χ0n) is 15.1. The Morgan fingerprint density at radius 1 is 1.00 bits per heavy atom. The molecule has 3 aromatic carbocycles. The number of guanidine groups is 1. The molecule has 4 rings (SSSR count). The smallest absolute Gasteiger partial charge is 0.356 e. The van der Waals surface area contributed by atoms with Crippen molar-refractivity contribution in [3.8, 4) is 0 Å². The molecule has 0 aliphatic carbocycles. The topological polar surface area (TPSA) is 102 Å². The number of nitrogens with one attached hydrogen (secondary N) is 3. The highest BCUT2D eigenvalue weighted by Crippen LogP contribution is 2.19. The fourth-order valence-electron chi connectivity index (χ4n) is 3.24. The molecule has 7 heteroatoms. The van der Waals surface area contributed by atoms with Crippen molar-refractivity contribution in [3.63, 3.8) is 0 Å². The first kappa shape index (κ1) is 18.1. The molecule has 0 amide bonds. The molecule has 5 N–H and O–H groups in total. The number of nitrogens with two attached hydrogens (primary N) is 1. The first-order chi connectivity index (χ1) is 13.5. The molecule has 1 aromatic heterocycles. The standard InChI is InChI=1S/C21H20N4O2S/c22-21(23-12-11-17-14-24-20-8-4-3-7-19(17)20)25-28(26,27)18-10-9-15-5-1-2-6-16(15)13-18/h1-10,13-14,24H,11-12H2,(H3,22,23,25)/p+1. The van der Waals surface area contributed by atoms with Crippen LogP contribution in [0.25, 0.3) is 21.7 Å². The number of para-hydroxylation sites is 1. The Balaban J connectivity index is 1.46. The summed E-state index contributed by atoms with van der Waals surface area (Å²) in [5.41, 5.74) is 8.09. The molecule has 0 aliphatic rings. The molecule has 0 saturated carbocycles. The van der Waals surface area contributed by atoms with Crippen LogP contribution in [0.15, 0.2) is 77.8 Å². The van der Waals surface area contributed by atoms with Gasteiger partial charge in [-0.15, -0.1) is 0 Å². The Hall–Kier alpha value is -3.32. The molecule has 0 saturated heterocycles. The molecular formula is C21H21N4O2S+. The molecule has 1 heterocycles. The van der Waals surface area contributed by atoms with Crippen molar-refractivity contribution < 1.29 is 13.4 Å². The summed E-state index contributed by atoms with van der Waals surface area (Å²) in [7, 11) is -3.75. The van der Waals surface area contributed by atoms with Crippen molar-refractivity contribution in [1.82, 2.24) is 9.71 Å². The zero-order valence-corrected chi connectivity index (χ0v) is 16.0. The van der Waals surface area contributed by atoms with Gasteiger partial charge in [0, 0.05) is 23.5 Å². The molecule has 6 nitrogen and oxygen atoms in total. The lowest BCUT2D eigenvalue weighted by Crippen LogP contribution is -2.79. The van der Waals surface area contributed by atoms with Crippen molar-refractivity contribution in [2.24, 2.45) is 5.73 Å². The first-order valence-electron chi connectivity index (χ1n) is 8.96. The molecular weight excluding hydrogens is 372 g/mol. The van der Waals surface area contributed by atoms with Gasteiger partial charge in [0.25, 0.3) is 0 Å². The van der Waals surface area contributed by atoms with Crippen molar-refractivity contribution in [1.29, 1.82) is 0 Å². The van der Waals surface area contributed by atoms with E-state index in [1.54, 1.807) is 18.2 Å². The number of benzene rings is 3. The summed E-state index contributed by atoms with van der Waals surface area (Å²) in [6.45, 7) is 0.508. The summed E-state index contributed by atoms with van der Waals surface area (Å²) in [5.74, 6) is 0.00741. The Bertz CT molecular complexity index is 1280. The normalized spacial score (nSPS) is 12.5. The SMILES string of the molecule is NC(NS(=O)(=O)c1ccc2ccccc2c1)=[NH+]CCc1c[nH]c2ccccc12. The van der Waals surface area contributed by atoms with Gasteiger partial charge in [-0.2, -0.15) is 13.1 Å². The highest BCUT2D eigenvalue weighted by atomic mass is 32.2. The van der Waals surface area contributed by atoms with Crippen LogP contribution in [0.3, 0.4) is 0 Å². The summed E-state index contributed by atoms with van der Waals surface area (Å²) in [6, 6.07) is 20.6. The molecule has 0 fully saturated rings. The van der Waals surface area contributed by atoms with Crippen LogP contribution in [0.1, 0.15) is 5.56 Å². The first-order valence-corrected chi connectivity index (χ1v) is 10.4. The Morgan fingerprint density at radius 2 is 1.75 bits per heavy atom. The van der Waals surface area contributed by atoms with Gasteiger partial charge < -0.3 is 4.98 Å². The molecule has 0 radical (unpaired) electrons. The predicted molar refractivity (Wildman–Crippen MR) is 111 cm³/mol. The third-order valence-corrected chi connectivity index (χ3v) is 6.02. The van der Waals surface area contributed by atoms with Crippen LogP contribution in [0, 0.1) is 0 Å². The number of fused-ring (bicyclic) bond motifs is 2. The minimum atomic E-state index is -3.75. The minimum Gasteiger partial charge on any atom is -0.361 e. The second kappa shape index (κ2) is 7.36. The Morgan fingerprint density at radius 3 is 2.61 bits per heavy atom. The van der Waals surface area contributed by atoms with Gasteiger partial charge in [0.05, 0.1) is 6.54 Å².